The molecule has 0 saturated heterocycles. The summed E-state index contributed by atoms with van der Waals surface area (Å²) in [5, 5.41) is 0. The van der Waals surface area contributed by atoms with E-state index in [1.807, 2.05) is 0 Å². The molecule has 0 spiro atoms. The third-order valence-electron chi connectivity index (χ3n) is 0.485. The first-order valence-corrected chi connectivity index (χ1v) is 3.52. The summed E-state index contributed by atoms with van der Waals surface area (Å²) >= 11 is 0.771. The van der Waals surface area contributed by atoms with Crippen molar-refractivity contribution in [1.29, 1.82) is 0 Å². The topological polar surface area (TPSA) is 0 Å². The van der Waals surface area contributed by atoms with Gasteiger partial charge in [-0.15, -0.1) is 0 Å². The highest BCUT2D eigenvalue weighted by atomic mass is 127. The number of halogens is 1. The molecule has 0 aliphatic rings. The number of hydrogen-bond donors (Lipinski definition) is 0. The van der Waals surface area contributed by atoms with Crippen molar-refractivity contribution in [2.75, 3.05) is 4.38 Å². The van der Waals surface area contributed by atoms with Gasteiger partial charge in [0.1, 0.15) is 0 Å². The fourth-order valence-corrected chi connectivity index (χ4v) is 0.346. The summed E-state index contributed by atoms with van der Waals surface area (Å²) in [6.07, 6.45) is -34.4. The summed E-state index contributed by atoms with van der Waals surface area (Å²) < 4.78 is 157. The minimum absolute atomic E-state index is 0.771. The van der Waals surface area contributed by atoms with E-state index in [2.05, 4.69) is 0 Å². The standard InChI is InChI=1S/C10H21I/c1-2-3-4-5-6-7-8-9-10-11/h2-10H2,1H3/i1D3,2D2,3D2,4D2,5D2,6D2,7D2,8D2,9D2,10D2. The molecule has 0 N–H and O–H groups in total. The summed E-state index contributed by atoms with van der Waals surface area (Å²) in [5.74, 6) is 0. The lowest BCUT2D eigenvalue weighted by molar-refractivity contribution is 0.587. The summed E-state index contributed by atoms with van der Waals surface area (Å²) in [5.41, 5.74) is 0. The molecule has 0 bridgehead atoms. The predicted octanol–water partition coefficient (Wildman–Crippen LogP) is 4.56. The van der Waals surface area contributed by atoms with Crippen LogP contribution < -0.4 is 0 Å². The van der Waals surface area contributed by atoms with Gasteiger partial charge in [0.05, 0.1) is 0 Å². The highest BCUT2D eigenvalue weighted by molar-refractivity contribution is 14.1. The molecule has 11 heavy (non-hydrogen) atoms. The zero-order valence-corrected chi connectivity index (χ0v) is 7.54. The van der Waals surface area contributed by atoms with E-state index in [-0.39, 0.29) is 0 Å². The van der Waals surface area contributed by atoms with Crippen LogP contribution in [0, 0.1) is 0 Å². The Kier molecular flexibility index (Phi) is 1.31. The molecule has 0 atom stereocenters. The Hall–Kier alpha value is 0.730. The van der Waals surface area contributed by atoms with Crippen LogP contribution >= 0.6 is 22.6 Å². The van der Waals surface area contributed by atoms with Gasteiger partial charge in [0.2, 0.25) is 0 Å². The van der Waals surface area contributed by atoms with Gasteiger partial charge in [-0.1, -0.05) is 74.1 Å². The Bertz CT molecular complexity index is 632. The van der Waals surface area contributed by atoms with E-state index in [1.165, 1.54) is 0 Å². The molecular formula is C10H21I. The normalized spacial score (nSPS) is 51.5. The van der Waals surface area contributed by atoms with Crippen molar-refractivity contribution in [3.05, 3.63) is 0 Å². The second-order valence-electron chi connectivity index (χ2n) is 1.09. The van der Waals surface area contributed by atoms with Gasteiger partial charge >= 0.3 is 0 Å². The Morgan fingerprint density at radius 2 is 1.55 bits per heavy atom. The average Bonchev–Trinajstić information content (AvgIpc) is 2.51. The SMILES string of the molecule is [2H]C([2H])([2H])C([2H])([2H])C([2H])([2H])C([2H])([2H])C([2H])([2H])C([2H])([2H])C([2H])([2H])C([2H])([2H])C([2H])([2H])C([2H])([2H])I. The first kappa shape index (κ1) is 1.34. The van der Waals surface area contributed by atoms with Gasteiger partial charge < -0.3 is 0 Å². The van der Waals surface area contributed by atoms with Crippen molar-refractivity contribution in [3.63, 3.8) is 0 Å². The smallest absolute Gasteiger partial charge is 0.0377 e. The van der Waals surface area contributed by atoms with E-state index < -0.39 is 62.2 Å². The molecule has 0 aromatic carbocycles. The van der Waals surface area contributed by atoms with E-state index >= 15 is 0 Å². The minimum atomic E-state index is -4.52. The largest absolute Gasteiger partial charge is 0.0864 e. The minimum Gasteiger partial charge on any atom is -0.0864 e. The van der Waals surface area contributed by atoms with Crippen LogP contribution in [0.15, 0.2) is 0 Å². The molecule has 68 valence electrons. The summed E-state index contributed by atoms with van der Waals surface area (Å²) in [6, 6.07) is 0. The van der Waals surface area contributed by atoms with Crippen LogP contribution in [0.2, 0.25) is 0 Å². The van der Waals surface area contributed by atoms with Crippen molar-refractivity contribution in [2.24, 2.45) is 0 Å². The maximum atomic E-state index is 7.88. The molecule has 0 fully saturated rings. The van der Waals surface area contributed by atoms with E-state index in [0.717, 1.165) is 22.6 Å². The molecule has 0 radical (unpaired) electrons. The zero-order valence-electron chi connectivity index (χ0n) is 26.4. The van der Waals surface area contributed by atoms with E-state index in [1.54, 1.807) is 0 Å². The zero-order chi connectivity index (χ0) is 27.0. The highest BCUT2D eigenvalue weighted by Crippen LogP contribution is 2.08. The van der Waals surface area contributed by atoms with Crippen molar-refractivity contribution in [2.45, 2.75) is 57.8 Å². The van der Waals surface area contributed by atoms with Crippen LogP contribution in [-0.2, 0) is 0 Å². The second-order valence-corrected chi connectivity index (χ2v) is 1.63. The maximum Gasteiger partial charge on any atom is 0.0377 e. The molecule has 0 amide bonds. The molecule has 0 nitrogen and oxygen atoms in total. The molecule has 0 aliphatic heterocycles. The molecule has 0 saturated carbocycles. The Balaban J connectivity index is 7.00. The lowest BCUT2D eigenvalue weighted by Gasteiger charge is -1.98. The van der Waals surface area contributed by atoms with Gasteiger partial charge in [0.25, 0.3) is 0 Å². The van der Waals surface area contributed by atoms with Crippen LogP contribution in [0.3, 0.4) is 0 Å². The molecule has 0 heterocycles. The highest BCUT2D eigenvalue weighted by Gasteiger charge is 1.89. The monoisotopic (exact) mass is 289 g/mol. The maximum absolute atomic E-state index is 7.88. The molecule has 0 aromatic rings. The number of rotatable bonds is 8. The van der Waals surface area contributed by atoms with E-state index in [9.17, 15) is 0 Å². The van der Waals surface area contributed by atoms with Crippen LogP contribution in [-0.4, -0.2) is 4.38 Å². The van der Waals surface area contributed by atoms with Gasteiger partial charge in [0.15, 0.2) is 0 Å². The van der Waals surface area contributed by atoms with Crippen LogP contribution in [0.4, 0.5) is 0 Å². The number of alkyl halides is 1. The van der Waals surface area contributed by atoms with Crippen LogP contribution in [0.1, 0.15) is 86.6 Å². The van der Waals surface area contributed by atoms with Gasteiger partial charge in [-0.3, -0.25) is 0 Å². The summed E-state index contributed by atoms with van der Waals surface area (Å²) in [7, 11) is 0. The molecule has 0 aliphatic carbocycles. The molecule has 0 rings (SSSR count). The Morgan fingerprint density at radius 3 is 2.09 bits per heavy atom. The summed E-state index contributed by atoms with van der Waals surface area (Å²) in [6.45, 7) is -3.88. The van der Waals surface area contributed by atoms with E-state index in [4.69, 9.17) is 28.8 Å². The molecule has 0 aromatic heterocycles. The second kappa shape index (κ2) is 10.7. The lowest BCUT2D eigenvalue weighted by atomic mass is 10.1. The quantitative estimate of drug-likeness (QED) is 0.454. The third kappa shape index (κ3) is 10.7. The molecule has 0 unspecified atom stereocenters. The molecular weight excluding hydrogens is 247 g/mol. The predicted molar refractivity (Wildman–Crippen MR) is 61.5 cm³/mol. The van der Waals surface area contributed by atoms with E-state index in [0.29, 0.717) is 0 Å². The number of hydrogen-bond acceptors (Lipinski definition) is 0. The summed E-state index contributed by atoms with van der Waals surface area (Å²) in [4.78, 5) is 0. The fourth-order valence-electron chi connectivity index (χ4n) is 0.211. The average molecular weight is 289 g/mol. The Labute approximate surface area is 115 Å². The first-order valence-electron chi connectivity index (χ1n) is 12.9. The third-order valence-corrected chi connectivity index (χ3v) is 0.754. The van der Waals surface area contributed by atoms with Crippen molar-refractivity contribution in [1.82, 2.24) is 0 Å². The van der Waals surface area contributed by atoms with Crippen LogP contribution in [0.5, 0.6) is 0 Å². The first-order chi connectivity index (χ1) is 13.2. The Morgan fingerprint density at radius 1 is 1.00 bits per heavy atom. The van der Waals surface area contributed by atoms with Gasteiger partial charge in [-0.25, -0.2) is 0 Å². The van der Waals surface area contributed by atoms with Crippen molar-refractivity contribution < 1.29 is 28.8 Å². The lowest BCUT2D eigenvalue weighted by Crippen LogP contribution is -1.80. The van der Waals surface area contributed by atoms with Gasteiger partial charge in [-0.2, -0.15) is 0 Å². The van der Waals surface area contributed by atoms with Crippen LogP contribution in [0.25, 0.3) is 0 Å². The van der Waals surface area contributed by atoms with Gasteiger partial charge in [0, 0.05) is 28.8 Å². The van der Waals surface area contributed by atoms with Crippen molar-refractivity contribution >= 4 is 22.6 Å². The van der Waals surface area contributed by atoms with Gasteiger partial charge in [-0.05, 0) is 10.8 Å². The molecule has 1 heteroatoms. The van der Waals surface area contributed by atoms with Crippen molar-refractivity contribution in [3.8, 4) is 0 Å². The fraction of sp³-hybridized carbons (Fsp3) is 1.00.